The van der Waals surface area contributed by atoms with E-state index in [2.05, 4.69) is 17.2 Å². The van der Waals surface area contributed by atoms with Gasteiger partial charge in [0.1, 0.15) is 5.76 Å². The van der Waals surface area contributed by atoms with Crippen molar-refractivity contribution in [1.29, 1.82) is 0 Å². The van der Waals surface area contributed by atoms with Crippen LogP contribution >= 0.6 is 11.6 Å². The predicted molar refractivity (Wildman–Crippen MR) is 83.4 cm³/mol. The first-order valence-corrected chi connectivity index (χ1v) is 6.89. The number of aryl methyl sites for hydroxylation is 1. The van der Waals surface area contributed by atoms with E-state index < -0.39 is 0 Å². The molecule has 5 heteroatoms. The van der Waals surface area contributed by atoms with Crippen LogP contribution in [0.3, 0.4) is 0 Å². The minimum absolute atomic E-state index is 0.222. The molecule has 108 valence electrons. The van der Waals surface area contributed by atoms with Gasteiger partial charge in [-0.15, -0.1) is 0 Å². The molecular weight excluding hydrogens is 288 g/mol. The van der Waals surface area contributed by atoms with Crippen LogP contribution in [0.2, 0.25) is 5.02 Å². The summed E-state index contributed by atoms with van der Waals surface area (Å²) in [5.74, 6) is 6.04. The molecule has 1 aromatic carbocycles. The summed E-state index contributed by atoms with van der Waals surface area (Å²) in [6.07, 6.45) is 2.16. The van der Waals surface area contributed by atoms with Crippen molar-refractivity contribution in [2.24, 2.45) is 5.73 Å². The number of hydrogen-bond donors (Lipinski definition) is 2. The molecule has 0 aliphatic rings. The third-order valence-electron chi connectivity index (χ3n) is 2.86. The van der Waals surface area contributed by atoms with Gasteiger partial charge in [-0.1, -0.05) is 30.4 Å². The van der Waals surface area contributed by atoms with E-state index in [0.29, 0.717) is 34.0 Å². The highest BCUT2D eigenvalue weighted by atomic mass is 35.5. The van der Waals surface area contributed by atoms with Crippen LogP contribution in [0.5, 0.6) is 0 Å². The fourth-order valence-corrected chi connectivity index (χ4v) is 2.03. The summed E-state index contributed by atoms with van der Waals surface area (Å²) in [6, 6.07) is 6.78. The fourth-order valence-electron chi connectivity index (χ4n) is 1.86. The van der Waals surface area contributed by atoms with Gasteiger partial charge in [-0.2, -0.15) is 0 Å². The number of nitrogens with two attached hydrogens (primary N) is 1. The van der Waals surface area contributed by atoms with Gasteiger partial charge < -0.3 is 15.5 Å². The van der Waals surface area contributed by atoms with E-state index >= 15 is 0 Å². The Labute approximate surface area is 128 Å². The van der Waals surface area contributed by atoms with Crippen molar-refractivity contribution in [1.82, 2.24) is 0 Å². The fraction of sp³-hybridized carbons (Fsp3) is 0.188. The zero-order chi connectivity index (χ0) is 15.2. The van der Waals surface area contributed by atoms with Gasteiger partial charge in [0, 0.05) is 17.7 Å². The average molecular weight is 303 g/mol. The molecular formula is C16H15ClN2O2. The molecule has 0 aliphatic carbocycles. The summed E-state index contributed by atoms with van der Waals surface area (Å²) < 4.78 is 5.25. The lowest BCUT2D eigenvalue weighted by Crippen LogP contribution is -2.12. The Kier molecular flexibility index (Phi) is 5.04. The number of anilines is 1. The van der Waals surface area contributed by atoms with Gasteiger partial charge >= 0.3 is 0 Å². The highest BCUT2D eigenvalue weighted by Gasteiger charge is 2.13. The molecule has 0 fully saturated rings. The number of benzene rings is 1. The highest BCUT2D eigenvalue weighted by Crippen LogP contribution is 2.21. The number of rotatable bonds is 3. The van der Waals surface area contributed by atoms with Gasteiger partial charge in [0.25, 0.3) is 5.91 Å². The largest absolute Gasteiger partial charge is 0.469 e. The van der Waals surface area contributed by atoms with Gasteiger partial charge in [0.15, 0.2) is 0 Å². The Bertz CT molecular complexity index is 711. The second-order valence-corrected chi connectivity index (χ2v) is 4.67. The van der Waals surface area contributed by atoms with Crippen molar-refractivity contribution in [2.45, 2.75) is 13.3 Å². The number of nitrogens with one attached hydrogen (secondary N) is 1. The molecule has 0 saturated carbocycles. The molecule has 3 N–H and O–H groups in total. The number of carbonyl (C=O) groups excluding carboxylic acids is 1. The first-order chi connectivity index (χ1) is 10.2. The zero-order valence-electron chi connectivity index (χ0n) is 11.6. The number of halogens is 1. The van der Waals surface area contributed by atoms with Gasteiger partial charge in [-0.25, -0.2) is 0 Å². The van der Waals surface area contributed by atoms with Crippen LogP contribution in [0, 0.1) is 11.8 Å². The van der Waals surface area contributed by atoms with Crippen molar-refractivity contribution in [3.63, 3.8) is 0 Å². The van der Waals surface area contributed by atoms with Gasteiger partial charge in [0.05, 0.1) is 23.4 Å². The molecule has 21 heavy (non-hydrogen) atoms. The number of amides is 1. The molecule has 4 nitrogen and oxygen atoms in total. The van der Waals surface area contributed by atoms with E-state index in [-0.39, 0.29) is 12.5 Å². The average Bonchev–Trinajstić information content (AvgIpc) is 2.96. The van der Waals surface area contributed by atoms with Crippen LogP contribution in [0.25, 0.3) is 0 Å². The second kappa shape index (κ2) is 6.98. The highest BCUT2D eigenvalue weighted by molar-refractivity contribution is 6.31. The Hall–Kier alpha value is -2.22. The minimum atomic E-state index is -0.222. The summed E-state index contributed by atoms with van der Waals surface area (Å²) >= 11 is 6.04. The van der Waals surface area contributed by atoms with Crippen molar-refractivity contribution in [2.75, 3.05) is 11.9 Å². The molecule has 0 atom stereocenters. The monoisotopic (exact) mass is 302 g/mol. The van der Waals surface area contributed by atoms with Gasteiger partial charge in [0.2, 0.25) is 0 Å². The zero-order valence-corrected chi connectivity index (χ0v) is 12.3. The molecule has 1 heterocycles. The Morgan fingerprint density at radius 1 is 1.43 bits per heavy atom. The first kappa shape index (κ1) is 15.2. The molecule has 0 unspecified atom stereocenters. The molecule has 2 aromatic rings. The van der Waals surface area contributed by atoms with E-state index in [1.807, 2.05) is 6.92 Å². The lowest BCUT2D eigenvalue weighted by Gasteiger charge is -2.06. The molecule has 1 aromatic heterocycles. The van der Waals surface area contributed by atoms with E-state index in [9.17, 15) is 4.79 Å². The number of furan rings is 1. The van der Waals surface area contributed by atoms with Crippen LogP contribution in [-0.2, 0) is 6.42 Å². The van der Waals surface area contributed by atoms with E-state index in [0.717, 1.165) is 0 Å². The van der Waals surface area contributed by atoms with Crippen LogP contribution in [0.1, 0.15) is 28.6 Å². The molecule has 0 saturated heterocycles. The molecule has 0 radical (unpaired) electrons. The lowest BCUT2D eigenvalue weighted by molar-refractivity contribution is 0.102. The van der Waals surface area contributed by atoms with E-state index in [1.54, 1.807) is 24.3 Å². The Balaban J connectivity index is 2.22. The second-order valence-electron chi connectivity index (χ2n) is 4.27. The summed E-state index contributed by atoms with van der Waals surface area (Å²) in [4.78, 5) is 12.2. The quantitative estimate of drug-likeness (QED) is 0.856. The van der Waals surface area contributed by atoms with Crippen LogP contribution in [0.4, 0.5) is 5.69 Å². The smallest absolute Gasteiger partial charge is 0.259 e. The van der Waals surface area contributed by atoms with Crippen molar-refractivity contribution < 1.29 is 9.21 Å². The van der Waals surface area contributed by atoms with E-state index in [4.69, 9.17) is 21.8 Å². The summed E-state index contributed by atoms with van der Waals surface area (Å²) in [5, 5.41) is 3.33. The normalized spacial score (nSPS) is 9.86. The van der Waals surface area contributed by atoms with Crippen LogP contribution in [-0.4, -0.2) is 12.5 Å². The first-order valence-electron chi connectivity index (χ1n) is 6.52. The van der Waals surface area contributed by atoms with Crippen molar-refractivity contribution >= 4 is 23.2 Å². The molecule has 0 aliphatic heterocycles. The summed E-state index contributed by atoms with van der Waals surface area (Å²) in [7, 11) is 0. The lowest BCUT2D eigenvalue weighted by atomic mass is 10.1. The maximum atomic E-state index is 12.2. The minimum Gasteiger partial charge on any atom is -0.469 e. The molecule has 2 rings (SSSR count). The van der Waals surface area contributed by atoms with E-state index in [1.165, 1.54) is 6.26 Å². The third-order valence-corrected chi connectivity index (χ3v) is 3.19. The van der Waals surface area contributed by atoms with Gasteiger partial charge in [-0.05, 0) is 24.3 Å². The predicted octanol–water partition coefficient (Wildman–Crippen LogP) is 3.06. The Morgan fingerprint density at radius 3 is 2.95 bits per heavy atom. The standard InChI is InChI=1S/C16H15ClN2O2/c1-2-15-13(7-9-21-15)16(20)19-12-5-6-14(17)11(10-12)4-3-8-18/h5-7,9-10H,2,8,18H2,1H3,(H,19,20). The number of hydrogen-bond acceptors (Lipinski definition) is 3. The topological polar surface area (TPSA) is 68.3 Å². The summed E-state index contributed by atoms with van der Waals surface area (Å²) in [5.41, 5.74) is 7.12. The molecule has 0 spiro atoms. The SMILES string of the molecule is CCc1occc1C(=O)Nc1ccc(Cl)c(C#CCN)c1. The van der Waals surface area contributed by atoms with Crippen molar-refractivity contribution in [3.8, 4) is 11.8 Å². The van der Waals surface area contributed by atoms with Crippen molar-refractivity contribution in [3.05, 3.63) is 52.4 Å². The van der Waals surface area contributed by atoms with Crippen LogP contribution < -0.4 is 11.1 Å². The van der Waals surface area contributed by atoms with Gasteiger partial charge in [-0.3, -0.25) is 4.79 Å². The summed E-state index contributed by atoms with van der Waals surface area (Å²) in [6.45, 7) is 2.18. The maximum Gasteiger partial charge on any atom is 0.259 e. The molecule has 1 amide bonds. The maximum absolute atomic E-state index is 12.2. The number of carbonyl (C=O) groups is 1. The Morgan fingerprint density at radius 2 is 2.24 bits per heavy atom. The third kappa shape index (κ3) is 3.66. The van der Waals surface area contributed by atoms with Crippen LogP contribution in [0.15, 0.2) is 34.9 Å². The molecule has 0 bridgehead atoms.